The van der Waals surface area contributed by atoms with Crippen molar-refractivity contribution in [2.24, 2.45) is 0 Å². The average Bonchev–Trinajstić information content (AvgIpc) is 3.17. The van der Waals surface area contributed by atoms with Crippen molar-refractivity contribution in [2.45, 2.75) is 131 Å². The number of ketones is 1. The molecule has 0 saturated heterocycles. The van der Waals surface area contributed by atoms with Gasteiger partial charge in [-0.3, -0.25) is 4.79 Å². The first-order valence-corrected chi connectivity index (χ1v) is 21.9. The number of carbonyl (C=O) groups is 4. The van der Waals surface area contributed by atoms with Gasteiger partial charge in [0.2, 0.25) is 0 Å². The van der Waals surface area contributed by atoms with Gasteiger partial charge in [0.25, 0.3) is 0 Å². The number of nitrogens with two attached hydrogens (primary N) is 1. The monoisotopic (exact) mass is 893 g/mol. The lowest BCUT2D eigenvalue weighted by Gasteiger charge is -2.28. The van der Waals surface area contributed by atoms with Crippen LogP contribution in [0.1, 0.15) is 130 Å². The predicted octanol–water partition coefficient (Wildman–Crippen LogP) is 11.0. The summed E-state index contributed by atoms with van der Waals surface area (Å²) < 4.78 is 9.78. The molecule has 0 aliphatic heterocycles. The van der Waals surface area contributed by atoms with Crippen LogP contribution in [0.2, 0.25) is 0 Å². The van der Waals surface area contributed by atoms with E-state index in [-0.39, 0.29) is 64.1 Å². The van der Waals surface area contributed by atoms with Crippen LogP contribution in [0.5, 0.6) is 11.5 Å². The molecule has 0 spiro atoms. The summed E-state index contributed by atoms with van der Waals surface area (Å²) >= 11 is 0. The van der Waals surface area contributed by atoms with Gasteiger partial charge in [-0.05, 0) is 99.6 Å². The van der Waals surface area contributed by atoms with Crippen molar-refractivity contribution in [2.75, 3.05) is 24.3 Å². The number of phenols is 2. The number of carbonyl (C=O) groups excluding carboxylic acids is 3. The van der Waals surface area contributed by atoms with E-state index in [9.17, 15) is 29.4 Å². The number of phenolic OH excluding ortho intramolecular Hbond substituents is 2. The Kier molecular flexibility index (Phi) is 19.8. The van der Waals surface area contributed by atoms with Gasteiger partial charge in [-0.25, -0.2) is 14.4 Å². The third-order valence-corrected chi connectivity index (χ3v) is 10.0. The molecular weight excluding hydrogens is 821 g/mol. The Morgan fingerprint density at radius 3 is 1.48 bits per heavy atom. The first-order chi connectivity index (χ1) is 30.0. The number of Topliss-reactive ketones (excluding diaryl/α,β-unsaturated/α-hetero) is 1. The van der Waals surface area contributed by atoms with Gasteiger partial charge >= 0.3 is 17.9 Å². The van der Waals surface area contributed by atoms with Gasteiger partial charge in [0.05, 0.1) is 18.8 Å². The molecule has 0 fully saturated rings. The van der Waals surface area contributed by atoms with Crippen molar-refractivity contribution in [3.63, 3.8) is 0 Å². The number of ether oxygens (including phenoxy) is 2. The molecule has 352 valence electrons. The highest BCUT2D eigenvalue weighted by atomic mass is 16.5. The number of hydrogen-bond acceptors (Lipinski definition) is 10. The number of nitrogen functional groups attached to an aromatic ring is 1. The van der Waals surface area contributed by atoms with Gasteiger partial charge in [0.15, 0.2) is 11.4 Å². The summed E-state index contributed by atoms with van der Waals surface area (Å²) in [4.78, 5) is 48.0. The van der Waals surface area contributed by atoms with E-state index in [1.807, 2.05) is 69.3 Å². The van der Waals surface area contributed by atoms with Gasteiger partial charge in [0.1, 0.15) is 11.5 Å². The molecule has 65 heavy (non-hydrogen) atoms. The van der Waals surface area contributed by atoms with E-state index < -0.39 is 23.5 Å². The standard InChI is InChI=1S/C28H36O4.C14H23NO.C12H13NO4/c1-8-32-26(31)21(15-14-19-12-10-9-11-13-19)24(29)16-20-17-25(30)23(28(5,6)7)18-22(20)27(2,3)4;1-13(2,3)9-7-10(14(4,5)6)12(16)8-11(9)15;1-2-17-12(16)10(11(14)15)8-13-9-6-4-3-5-7-9/h9-13,15,17-18,30H,8,14,16H2,1-7H3;7-8,16H,15H2,1-6H3;3-8,13H,2H2,1H3,(H,14,15)/b21-15-;;10-8-. The number of nitrogens with one attached hydrogen (secondary N) is 1. The average molecular weight is 893 g/mol. The van der Waals surface area contributed by atoms with Crippen LogP contribution in [-0.4, -0.2) is 52.2 Å². The normalized spacial score (nSPS) is 12.2. The topological polar surface area (TPSA) is 185 Å². The molecule has 4 rings (SSSR count). The summed E-state index contributed by atoms with van der Waals surface area (Å²) in [7, 11) is 0. The molecule has 0 unspecified atom stereocenters. The molecule has 0 amide bonds. The van der Waals surface area contributed by atoms with Crippen LogP contribution in [0.4, 0.5) is 11.4 Å². The van der Waals surface area contributed by atoms with Crippen molar-refractivity contribution in [1.29, 1.82) is 0 Å². The summed E-state index contributed by atoms with van der Waals surface area (Å²) in [6.45, 7) is 28.7. The van der Waals surface area contributed by atoms with E-state index in [1.165, 1.54) is 0 Å². The molecule has 0 heterocycles. The van der Waals surface area contributed by atoms with Crippen molar-refractivity contribution < 1.29 is 44.0 Å². The van der Waals surface area contributed by atoms with Gasteiger partial charge in [0, 0.05) is 30.1 Å². The lowest BCUT2D eigenvalue weighted by atomic mass is 9.77. The van der Waals surface area contributed by atoms with E-state index in [0.29, 0.717) is 17.8 Å². The number of allylic oxidation sites excluding steroid dienone is 1. The molecule has 0 aliphatic carbocycles. The molecule has 0 bridgehead atoms. The second-order valence-corrected chi connectivity index (χ2v) is 19.7. The van der Waals surface area contributed by atoms with Crippen molar-refractivity contribution in [3.8, 4) is 11.5 Å². The minimum absolute atomic E-state index is 0.00220. The van der Waals surface area contributed by atoms with Crippen LogP contribution in [0, 0.1) is 0 Å². The maximum Gasteiger partial charge on any atom is 0.347 e. The second kappa shape index (κ2) is 23.5. The van der Waals surface area contributed by atoms with Crippen LogP contribution in [-0.2, 0) is 63.2 Å². The molecule has 11 nitrogen and oxygen atoms in total. The summed E-state index contributed by atoms with van der Waals surface area (Å²) in [5.74, 6) is -2.65. The zero-order valence-electron chi connectivity index (χ0n) is 40.9. The van der Waals surface area contributed by atoms with Gasteiger partial charge in [-0.2, -0.15) is 0 Å². The molecule has 0 radical (unpaired) electrons. The number of hydrogen-bond donors (Lipinski definition) is 5. The van der Waals surface area contributed by atoms with Crippen LogP contribution in [0.3, 0.4) is 0 Å². The molecule has 4 aromatic carbocycles. The Bertz CT molecular complexity index is 2270. The summed E-state index contributed by atoms with van der Waals surface area (Å²) in [5, 5.41) is 32.2. The van der Waals surface area contributed by atoms with E-state index in [2.05, 4.69) is 72.4 Å². The quantitative estimate of drug-likeness (QED) is 0.0300. The second-order valence-electron chi connectivity index (χ2n) is 19.7. The van der Waals surface area contributed by atoms with Crippen LogP contribution < -0.4 is 11.1 Å². The first kappa shape index (κ1) is 54.8. The highest BCUT2D eigenvalue weighted by molar-refractivity contribution is 6.18. The molecule has 0 aliphatic rings. The first-order valence-electron chi connectivity index (χ1n) is 21.9. The number of anilines is 2. The number of benzene rings is 4. The highest BCUT2D eigenvalue weighted by Crippen LogP contribution is 2.39. The summed E-state index contributed by atoms with van der Waals surface area (Å²) in [5.41, 5.74) is 12.0. The molecule has 0 saturated carbocycles. The summed E-state index contributed by atoms with van der Waals surface area (Å²) in [6.07, 6.45) is 3.25. The smallest absolute Gasteiger partial charge is 0.347 e. The van der Waals surface area contributed by atoms with Crippen molar-refractivity contribution in [3.05, 3.63) is 142 Å². The third kappa shape index (κ3) is 17.3. The maximum atomic E-state index is 13.3. The Morgan fingerprint density at radius 2 is 1.03 bits per heavy atom. The van der Waals surface area contributed by atoms with Crippen LogP contribution in [0.25, 0.3) is 0 Å². The summed E-state index contributed by atoms with van der Waals surface area (Å²) in [6, 6.07) is 26.0. The fourth-order valence-corrected chi connectivity index (χ4v) is 6.66. The molecule has 11 heteroatoms. The minimum atomic E-state index is -1.33. The largest absolute Gasteiger partial charge is 0.508 e. The molecule has 4 aromatic rings. The van der Waals surface area contributed by atoms with Crippen LogP contribution in [0.15, 0.2) is 108 Å². The Hall–Kier alpha value is -6.36. The molecule has 6 N–H and O–H groups in total. The predicted molar refractivity (Wildman–Crippen MR) is 261 cm³/mol. The highest BCUT2D eigenvalue weighted by Gasteiger charge is 2.29. The zero-order chi connectivity index (χ0) is 49.5. The fourth-order valence-electron chi connectivity index (χ4n) is 6.66. The zero-order valence-corrected chi connectivity index (χ0v) is 40.9. The Balaban J connectivity index is 0.000000370. The lowest BCUT2D eigenvalue weighted by molar-refractivity contribution is -0.144. The number of carboxylic acid groups (broad SMARTS) is 1. The van der Waals surface area contributed by atoms with Gasteiger partial charge < -0.3 is 35.8 Å². The maximum absolute atomic E-state index is 13.3. The Morgan fingerprint density at radius 1 is 0.600 bits per heavy atom. The molecular formula is C54H72N2O9. The number of rotatable bonds is 12. The SMILES string of the molecule is CC(C)(C)c1cc(C(C)(C)C)c(O)cc1N.CCOC(=O)/C(=C\Cc1ccccc1)C(=O)Cc1cc(O)c(C(C)(C)C)cc1C(C)(C)C.CCOC(=O)/C(=C\Nc1ccccc1)C(=O)O. The molecule has 0 aromatic heterocycles. The molecule has 0 atom stereocenters. The Labute approximate surface area is 386 Å². The lowest BCUT2D eigenvalue weighted by Crippen LogP contribution is -2.22. The number of esters is 2. The van der Waals surface area contributed by atoms with E-state index in [1.54, 1.807) is 56.3 Å². The number of para-hydroxylation sites is 1. The fraction of sp³-hybridized carbons (Fsp3) is 0.407. The minimum Gasteiger partial charge on any atom is -0.508 e. The number of aromatic hydroxyl groups is 2. The van der Waals surface area contributed by atoms with Gasteiger partial charge in [-0.15, -0.1) is 0 Å². The number of carboxylic acids is 1. The van der Waals surface area contributed by atoms with E-state index in [4.69, 9.17) is 15.6 Å². The van der Waals surface area contributed by atoms with E-state index in [0.717, 1.165) is 39.6 Å². The van der Waals surface area contributed by atoms with Crippen LogP contribution >= 0.6 is 0 Å². The third-order valence-electron chi connectivity index (χ3n) is 10.0. The van der Waals surface area contributed by atoms with Gasteiger partial charge in [-0.1, -0.05) is 144 Å². The van der Waals surface area contributed by atoms with Crippen molar-refractivity contribution in [1.82, 2.24) is 0 Å². The number of aliphatic carboxylic acids is 1. The van der Waals surface area contributed by atoms with E-state index >= 15 is 0 Å². The van der Waals surface area contributed by atoms with Crippen molar-refractivity contribution >= 4 is 35.1 Å².